The Morgan fingerprint density at radius 3 is 2.25 bits per heavy atom. The van der Waals surface area contributed by atoms with Gasteiger partial charge in [-0.3, -0.25) is 0 Å². The molecule has 0 spiro atoms. The van der Waals surface area contributed by atoms with Crippen molar-refractivity contribution in [2.24, 2.45) is 0 Å². The number of aliphatic hydroxyl groups is 1. The molecule has 128 valence electrons. The number of amides is 2. The molecule has 2 aromatic carbocycles. The number of hydrogen-bond acceptors (Lipinski definition) is 2. The molecule has 2 unspecified atom stereocenters. The zero-order valence-electron chi connectivity index (χ0n) is 12.5. The van der Waals surface area contributed by atoms with E-state index in [2.05, 4.69) is 5.32 Å². The summed E-state index contributed by atoms with van der Waals surface area (Å²) >= 11 is 0. The van der Waals surface area contributed by atoms with Gasteiger partial charge in [0.15, 0.2) is 17.5 Å². The van der Waals surface area contributed by atoms with E-state index in [0.717, 1.165) is 18.2 Å². The third-order valence-electron chi connectivity index (χ3n) is 3.33. The fourth-order valence-electron chi connectivity index (χ4n) is 2.02. The number of carbonyl (C=O) groups excluding carboxylic acids is 1. The van der Waals surface area contributed by atoms with Crippen LogP contribution >= 0.6 is 0 Å². The first-order valence-corrected chi connectivity index (χ1v) is 6.94. The number of carbonyl (C=O) groups is 1. The van der Waals surface area contributed by atoms with Gasteiger partial charge in [-0.15, -0.1) is 0 Å². The van der Waals surface area contributed by atoms with E-state index in [-0.39, 0.29) is 0 Å². The highest BCUT2D eigenvalue weighted by Gasteiger charge is 2.20. The number of anilines is 1. The van der Waals surface area contributed by atoms with Crippen molar-refractivity contribution in [3.05, 3.63) is 65.2 Å². The molecule has 4 nitrogen and oxygen atoms in total. The van der Waals surface area contributed by atoms with Gasteiger partial charge in [-0.1, -0.05) is 12.1 Å². The van der Waals surface area contributed by atoms with Crippen molar-refractivity contribution in [3.63, 3.8) is 0 Å². The second kappa shape index (κ2) is 7.31. The SMILES string of the molecule is CC(NC(=O)Nc1ccc(F)c(F)c1F)C(O)c1ccc(F)cc1. The molecule has 8 heteroatoms. The summed E-state index contributed by atoms with van der Waals surface area (Å²) in [6.07, 6.45) is -1.15. The molecule has 0 radical (unpaired) electrons. The van der Waals surface area contributed by atoms with Gasteiger partial charge in [0.2, 0.25) is 0 Å². The van der Waals surface area contributed by atoms with Crippen LogP contribution in [-0.4, -0.2) is 17.2 Å². The Hall–Kier alpha value is -2.61. The second-order valence-electron chi connectivity index (χ2n) is 5.11. The molecule has 0 heterocycles. The monoisotopic (exact) mass is 342 g/mol. The van der Waals surface area contributed by atoms with Crippen molar-refractivity contribution in [2.75, 3.05) is 5.32 Å². The minimum Gasteiger partial charge on any atom is -0.386 e. The van der Waals surface area contributed by atoms with Crippen molar-refractivity contribution in [1.29, 1.82) is 0 Å². The maximum Gasteiger partial charge on any atom is 0.319 e. The van der Waals surface area contributed by atoms with E-state index in [9.17, 15) is 27.5 Å². The van der Waals surface area contributed by atoms with Gasteiger partial charge in [0.1, 0.15) is 5.82 Å². The van der Waals surface area contributed by atoms with Crippen molar-refractivity contribution < 1.29 is 27.5 Å². The Balaban J connectivity index is 2.01. The molecule has 0 saturated heterocycles. The molecule has 0 aliphatic rings. The standard InChI is InChI=1S/C16H14F4N2O2/c1-8(15(23)9-2-4-10(17)5-3-9)21-16(24)22-12-7-6-11(18)13(19)14(12)20/h2-8,15,23H,1H3,(H2,21,22,24). The van der Waals surface area contributed by atoms with Crippen LogP contribution in [0.4, 0.5) is 28.0 Å². The fourth-order valence-corrected chi connectivity index (χ4v) is 2.02. The molecule has 2 atom stereocenters. The van der Waals surface area contributed by atoms with Crippen LogP contribution in [0.2, 0.25) is 0 Å². The largest absolute Gasteiger partial charge is 0.386 e. The van der Waals surface area contributed by atoms with Gasteiger partial charge < -0.3 is 15.7 Å². The van der Waals surface area contributed by atoms with Gasteiger partial charge >= 0.3 is 6.03 Å². The van der Waals surface area contributed by atoms with E-state index >= 15 is 0 Å². The minimum atomic E-state index is -1.70. The van der Waals surface area contributed by atoms with Gasteiger partial charge in [-0.25, -0.2) is 22.4 Å². The van der Waals surface area contributed by atoms with E-state index < -0.39 is 47.1 Å². The molecule has 2 rings (SSSR count). The van der Waals surface area contributed by atoms with Crippen molar-refractivity contribution >= 4 is 11.7 Å². The number of nitrogens with one attached hydrogen (secondary N) is 2. The second-order valence-corrected chi connectivity index (χ2v) is 5.11. The Bertz CT molecular complexity index is 738. The normalized spacial score (nSPS) is 13.2. The van der Waals surface area contributed by atoms with Crippen LogP contribution in [0.5, 0.6) is 0 Å². The predicted octanol–water partition coefficient (Wildman–Crippen LogP) is 3.49. The molecule has 0 aliphatic carbocycles. The summed E-state index contributed by atoms with van der Waals surface area (Å²) in [4.78, 5) is 11.8. The van der Waals surface area contributed by atoms with Crippen molar-refractivity contribution in [2.45, 2.75) is 19.1 Å². The van der Waals surface area contributed by atoms with Gasteiger partial charge in [-0.2, -0.15) is 0 Å². The fraction of sp³-hybridized carbons (Fsp3) is 0.188. The third kappa shape index (κ3) is 4.02. The van der Waals surface area contributed by atoms with E-state index in [1.165, 1.54) is 19.1 Å². The Kier molecular flexibility index (Phi) is 5.40. The van der Waals surface area contributed by atoms with Crippen LogP contribution in [0.1, 0.15) is 18.6 Å². The van der Waals surface area contributed by atoms with Crippen molar-refractivity contribution in [3.8, 4) is 0 Å². The minimum absolute atomic E-state index is 0.364. The average molecular weight is 342 g/mol. The summed E-state index contributed by atoms with van der Waals surface area (Å²) in [6, 6.07) is 4.82. The Morgan fingerprint density at radius 2 is 1.62 bits per heavy atom. The van der Waals surface area contributed by atoms with E-state index in [4.69, 9.17) is 0 Å². The van der Waals surface area contributed by atoms with Crippen LogP contribution in [0.3, 0.4) is 0 Å². The summed E-state index contributed by atoms with van der Waals surface area (Å²) in [6.45, 7) is 1.47. The highest BCUT2D eigenvalue weighted by Crippen LogP contribution is 2.20. The molecule has 0 fully saturated rings. The molecule has 2 aromatic rings. The number of benzene rings is 2. The molecule has 0 aromatic heterocycles. The maximum atomic E-state index is 13.5. The average Bonchev–Trinajstić information content (AvgIpc) is 2.55. The molecule has 24 heavy (non-hydrogen) atoms. The van der Waals surface area contributed by atoms with E-state index in [1.54, 1.807) is 0 Å². The first-order chi connectivity index (χ1) is 11.3. The van der Waals surface area contributed by atoms with Crippen LogP contribution in [-0.2, 0) is 0 Å². The summed E-state index contributed by atoms with van der Waals surface area (Å²) in [5, 5.41) is 14.4. The molecule has 0 bridgehead atoms. The lowest BCUT2D eigenvalue weighted by atomic mass is 10.0. The zero-order valence-corrected chi connectivity index (χ0v) is 12.5. The summed E-state index contributed by atoms with van der Waals surface area (Å²) in [5.41, 5.74) is -0.182. The number of hydrogen-bond donors (Lipinski definition) is 3. The highest BCUT2D eigenvalue weighted by atomic mass is 19.2. The first kappa shape index (κ1) is 17.7. The predicted molar refractivity (Wildman–Crippen MR) is 79.3 cm³/mol. The summed E-state index contributed by atoms with van der Waals surface area (Å²) in [7, 11) is 0. The maximum absolute atomic E-state index is 13.5. The van der Waals surface area contributed by atoms with Crippen LogP contribution < -0.4 is 10.6 Å². The van der Waals surface area contributed by atoms with Crippen LogP contribution in [0, 0.1) is 23.3 Å². The lowest BCUT2D eigenvalue weighted by Crippen LogP contribution is -2.40. The lowest BCUT2D eigenvalue weighted by Gasteiger charge is -2.21. The number of rotatable bonds is 4. The van der Waals surface area contributed by atoms with E-state index in [0.29, 0.717) is 11.6 Å². The van der Waals surface area contributed by atoms with Crippen molar-refractivity contribution in [1.82, 2.24) is 5.32 Å². The van der Waals surface area contributed by atoms with Crippen LogP contribution in [0.15, 0.2) is 36.4 Å². The lowest BCUT2D eigenvalue weighted by molar-refractivity contribution is 0.139. The zero-order chi connectivity index (χ0) is 17.9. The molecular weight excluding hydrogens is 328 g/mol. The molecule has 3 N–H and O–H groups in total. The molecular formula is C16H14F4N2O2. The quantitative estimate of drug-likeness (QED) is 0.588. The van der Waals surface area contributed by atoms with E-state index in [1.807, 2.05) is 5.32 Å². The Labute approximate surface area is 135 Å². The first-order valence-electron chi connectivity index (χ1n) is 6.94. The third-order valence-corrected chi connectivity index (χ3v) is 3.33. The van der Waals surface area contributed by atoms with Gasteiger partial charge in [0.05, 0.1) is 17.8 Å². The summed E-state index contributed by atoms with van der Waals surface area (Å²) in [5.74, 6) is -5.08. The molecule has 0 saturated carbocycles. The van der Waals surface area contributed by atoms with Gasteiger partial charge in [0, 0.05) is 0 Å². The van der Waals surface area contributed by atoms with Gasteiger partial charge in [0.25, 0.3) is 0 Å². The number of urea groups is 1. The number of aliphatic hydroxyl groups excluding tert-OH is 1. The smallest absolute Gasteiger partial charge is 0.319 e. The molecule has 2 amide bonds. The Morgan fingerprint density at radius 1 is 1.00 bits per heavy atom. The summed E-state index contributed by atoms with van der Waals surface area (Å²) < 4.78 is 52.2. The van der Waals surface area contributed by atoms with Crippen LogP contribution in [0.25, 0.3) is 0 Å². The number of halogens is 4. The van der Waals surface area contributed by atoms with Gasteiger partial charge in [-0.05, 0) is 36.8 Å². The molecule has 0 aliphatic heterocycles. The topological polar surface area (TPSA) is 61.4 Å². The highest BCUT2D eigenvalue weighted by molar-refractivity contribution is 5.89.